The lowest BCUT2D eigenvalue weighted by Gasteiger charge is -2.07. The van der Waals surface area contributed by atoms with Gasteiger partial charge in [0.15, 0.2) is 0 Å². The molecule has 19 heavy (non-hydrogen) atoms. The van der Waals surface area contributed by atoms with Crippen LogP contribution < -0.4 is 4.74 Å². The fourth-order valence-corrected chi connectivity index (χ4v) is 1.89. The van der Waals surface area contributed by atoms with Crippen LogP contribution >= 0.6 is 0 Å². The highest BCUT2D eigenvalue weighted by Gasteiger charge is 2.11. The van der Waals surface area contributed by atoms with E-state index in [1.807, 2.05) is 31.2 Å². The summed E-state index contributed by atoms with van der Waals surface area (Å²) in [7, 11) is 1.62. The minimum atomic E-state index is -0.939. The molecule has 0 saturated carbocycles. The molecule has 98 valence electrons. The molecule has 0 bridgehead atoms. The van der Waals surface area contributed by atoms with Crippen LogP contribution in [0.5, 0.6) is 5.75 Å². The molecule has 0 unspecified atom stereocenters. The van der Waals surface area contributed by atoms with Gasteiger partial charge in [0.1, 0.15) is 5.75 Å². The number of pyridine rings is 1. The second-order valence-electron chi connectivity index (χ2n) is 4.08. The zero-order valence-electron chi connectivity index (χ0n) is 10.9. The predicted molar refractivity (Wildman–Crippen MR) is 72.6 cm³/mol. The van der Waals surface area contributed by atoms with Crippen molar-refractivity contribution in [2.45, 2.75) is 13.3 Å². The monoisotopic (exact) mass is 257 g/mol. The van der Waals surface area contributed by atoms with Gasteiger partial charge in [-0.25, -0.2) is 4.79 Å². The van der Waals surface area contributed by atoms with Gasteiger partial charge in [-0.05, 0) is 42.8 Å². The number of aromatic carboxylic acids is 1. The van der Waals surface area contributed by atoms with Crippen LogP contribution in [0.1, 0.15) is 23.0 Å². The smallest absolute Gasteiger partial charge is 0.337 e. The van der Waals surface area contributed by atoms with E-state index < -0.39 is 5.97 Å². The van der Waals surface area contributed by atoms with Gasteiger partial charge >= 0.3 is 5.97 Å². The third kappa shape index (κ3) is 2.73. The number of ether oxygens (including phenoxy) is 1. The van der Waals surface area contributed by atoms with E-state index in [4.69, 9.17) is 9.84 Å². The summed E-state index contributed by atoms with van der Waals surface area (Å²) in [4.78, 5) is 15.5. The van der Waals surface area contributed by atoms with Crippen molar-refractivity contribution in [1.82, 2.24) is 4.98 Å². The predicted octanol–water partition coefficient (Wildman–Crippen LogP) is 3.02. The van der Waals surface area contributed by atoms with Gasteiger partial charge in [-0.2, -0.15) is 0 Å². The number of benzene rings is 1. The molecule has 0 amide bonds. The fraction of sp³-hybridized carbons (Fsp3) is 0.200. The summed E-state index contributed by atoms with van der Waals surface area (Å²) in [6.07, 6.45) is 0.589. The highest BCUT2D eigenvalue weighted by atomic mass is 16.5. The van der Waals surface area contributed by atoms with Gasteiger partial charge in [-0.1, -0.05) is 6.92 Å². The Labute approximate surface area is 111 Å². The summed E-state index contributed by atoms with van der Waals surface area (Å²) in [5, 5.41) is 9.07. The summed E-state index contributed by atoms with van der Waals surface area (Å²) < 4.78 is 5.10. The second kappa shape index (κ2) is 5.52. The van der Waals surface area contributed by atoms with Gasteiger partial charge in [0.2, 0.25) is 0 Å². The SMILES string of the molecule is CCc1nc(-c2ccc(OC)cc2)ccc1C(=O)O. The van der Waals surface area contributed by atoms with Gasteiger partial charge in [-0.3, -0.25) is 4.98 Å². The Morgan fingerprint density at radius 2 is 1.89 bits per heavy atom. The van der Waals surface area contributed by atoms with Crippen molar-refractivity contribution in [2.75, 3.05) is 7.11 Å². The summed E-state index contributed by atoms with van der Waals surface area (Å²) >= 11 is 0. The van der Waals surface area contributed by atoms with Gasteiger partial charge < -0.3 is 9.84 Å². The van der Waals surface area contributed by atoms with E-state index in [1.165, 1.54) is 0 Å². The first-order valence-corrected chi connectivity index (χ1v) is 6.03. The van der Waals surface area contributed by atoms with Crippen LogP contribution in [-0.2, 0) is 6.42 Å². The number of carbonyl (C=O) groups is 1. The summed E-state index contributed by atoms with van der Waals surface area (Å²) in [5.74, 6) is -0.160. The molecule has 2 aromatic rings. The van der Waals surface area contributed by atoms with E-state index in [2.05, 4.69) is 4.98 Å². The summed E-state index contributed by atoms with van der Waals surface area (Å²) in [6.45, 7) is 1.90. The number of carboxylic acids is 1. The van der Waals surface area contributed by atoms with Crippen LogP contribution in [0.15, 0.2) is 36.4 Å². The molecule has 0 saturated heterocycles. The molecule has 4 nitrogen and oxygen atoms in total. The van der Waals surface area contributed by atoms with Crippen molar-refractivity contribution >= 4 is 5.97 Å². The molecule has 1 aromatic carbocycles. The topological polar surface area (TPSA) is 59.4 Å². The standard InChI is InChI=1S/C15H15NO3/c1-3-13-12(15(17)18)8-9-14(16-13)10-4-6-11(19-2)7-5-10/h4-9H,3H2,1-2H3,(H,17,18). The summed E-state index contributed by atoms with van der Waals surface area (Å²) in [5.41, 5.74) is 2.57. The first-order chi connectivity index (χ1) is 9.15. The molecule has 0 spiro atoms. The molecule has 1 aromatic heterocycles. The average Bonchev–Trinajstić information content (AvgIpc) is 2.46. The number of carboxylic acid groups (broad SMARTS) is 1. The largest absolute Gasteiger partial charge is 0.497 e. The number of aryl methyl sites for hydroxylation is 1. The Morgan fingerprint density at radius 1 is 1.21 bits per heavy atom. The Hall–Kier alpha value is -2.36. The number of aromatic nitrogens is 1. The Kier molecular flexibility index (Phi) is 3.80. The second-order valence-corrected chi connectivity index (χ2v) is 4.08. The van der Waals surface area contributed by atoms with E-state index in [-0.39, 0.29) is 5.56 Å². The molecule has 1 heterocycles. The van der Waals surface area contributed by atoms with Crippen LogP contribution in [-0.4, -0.2) is 23.2 Å². The van der Waals surface area contributed by atoms with Crippen LogP contribution in [0, 0.1) is 0 Å². The minimum absolute atomic E-state index is 0.264. The minimum Gasteiger partial charge on any atom is -0.497 e. The van der Waals surface area contributed by atoms with Crippen LogP contribution in [0.2, 0.25) is 0 Å². The van der Waals surface area contributed by atoms with Crippen LogP contribution in [0.25, 0.3) is 11.3 Å². The van der Waals surface area contributed by atoms with Crippen molar-refractivity contribution in [3.8, 4) is 17.0 Å². The van der Waals surface area contributed by atoms with Gasteiger partial charge in [0.05, 0.1) is 24.1 Å². The number of methoxy groups -OCH3 is 1. The number of hydrogen-bond acceptors (Lipinski definition) is 3. The first kappa shape index (κ1) is 13.1. The molecule has 1 N–H and O–H groups in total. The van der Waals surface area contributed by atoms with Gasteiger partial charge in [0.25, 0.3) is 0 Å². The first-order valence-electron chi connectivity index (χ1n) is 6.03. The quantitative estimate of drug-likeness (QED) is 0.914. The highest BCUT2D eigenvalue weighted by Crippen LogP contribution is 2.22. The van der Waals surface area contributed by atoms with Gasteiger partial charge in [-0.15, -0.1) is 0 Å². The molecular formula is C15H15NO3. The van der Waals surface area contributed by atoms with E-state index in [9.17, 15) is 4.79 Å². The van der Waals surface area contributed by atoms with Crippen molar-refractivity contribution in [3.63, 3.8) is 0 Å². The number of rotatable bonds is 4. The maximum Gasteiger partial charge on any atom is 0.337 e. The van der Waals surface area contributed by atoms with Crippen molar-refractivity contribution in [3.05, 3.63) is 47.7 Å². The van der Waals surface area contributed by atoms with Crippen molar-refractivity contribution in [1.29, 1.82) is 0 Å². The highest BCUT2D eigenvalue weighted by molar-refractivity contribution is 5.89. The molecule has 2 rings (SSSR count). The van der Waals surface area contributed by atoms with Crippen molar-refractivity contribution < 1.29 is 14.6 Å². The normalized spacial score (nSPS) is 10.2. The summed E-state index contributed by atoms with van der Waals surface area (Å²) in [6, 6.07) is 10.8. The Morgan fingerprint density at radius 3 is 2.42 bits per heavy atom. The Balaban J connectivity index is 2.42. The van der Waals surface area contributed by atoms with Crippen LogP contribution in [0.3, 0.4) is 0 Å². The lowest BCUT2D eigenvalue weighted by atomic mass is 10.1. The van der Waals surface area contributed by atoms with E-state index in [0.29, 0.717) is 12.1 Å². The van der Waals surface area contributed by atoms with Crippen LogP contribution in [0.4, 0.5) is 0 Å². The lowest BCUT2D eigenvalue weighted by molar-refractivity contribution is 0.0695. The zero-order valence-corrected chi connectivity index (χ0v) is 10.9. The third-order valence-corrected chi connectivity index (χ3v) is 2.93. The molecule has 4 heteroatoms. The van der Waals surface area contributed by atoms with Crippen molar-refractivity contribution in [2.24, 2.45) is 0 Å². The molecule has 0 aliphatic rings. The van der Waals surface area contributed by atoms with E-state index >= 15 is 0 Å². The zero-order chi connectivity index (χ0) is 13.8. The number of hydrogen-bond donors (Lipinski definition) is 1. The maximum absolute atomic E-state index is 11.1. The molecule has 0 aliphatic heterocycles. The molecule has 0 fully saturated rings. The molecular weight excluding hydrogens is 242 g/mol. The molecule has 0 radical (unpaired) electrons. The lowest BCUT2D eigenvalue weighted by Crippen LogP contribution is -2.04. The van der Waals surface area contributed by atoms with E-state index in [0.717, 1.165) is 17.0 Å². The fourth-order valence-electron chi connectivity index (χ4n) is 1.89. The average molecular weight is 257 g/mol. The van der Waals surface area contributed by atoms with E-state index in [1.54, 1.807) is 19.2 Å². The maximum atomic E-state index is 11.1. The van der Waals surface area contributed by atoms with Gasteiger partial charge in [0, 0.05) is 5.56 Å². The molecule has 0 aliphatic carbocycles. The number of nitrogens with zero attached hydrogens (tertiary/aromatic N) is 1. The molecule has 0 atom stereocenters. The third-order valence-electron chi connectivity index (χ3n) is 2.93. The Bertz CT molecular complexity index is 591.